The fourth-order valence-electron chi connectivity index (χ4n) is 2.98. The lowest BCUT2D eigenvalue weighted by Crippen LogP contribution is -2.23. The van der Waals surface area contributed by atoms with Crippen LogP contribution in [0.3, 0.4) is 0 Å². The first-order valence-corrected chi connectivity index (χ1v) is 8.81. The van der Waals surface area contributed by atoms with Gasteiger partial charge in [-0.3, -0.25) is 4.79 Å². The molecule has 1 aliphatic heterocycles. The van der Waals surface area contributed by atoms with Gasteiger partial charge in [-0.2, -0.15) is 0 Å². The maximum Gasteiger partial charge on any atom is 0.227 e. The Morgan fingerprint density at radius 3 is 2.79 bits per heavy atom. The van der Waals surface area contributed by atoms with E-state index in [-0.39, 0.29) is 5.91 Å². The molecule has 2 N–H and O–H groups in total. The summed E-state index contributed by atoms with van der Waals surface area (Å²) in [6, 6.07) is 15.8. The van der Waals surface area contributed by atoms with Gasteiger partial charge in [-0.1, -0.05) is 24.3 Å². The highest BCUT2D eigenvalue weighted by molar-refractivity contribution is 7.13. The van der Waals surface area contributed by atoms with Crippen LogP contribution in [0.4, 0.5) is 11.4 Å². The Morgan fingerprint density at radius 2 is 2.00 bits per heavy atom. The van der Waals surface area contributed by atoms with E-state index in [0.717, 1.165) is 46.2 Å². The van der Waals surface area contributed by atoms with Crippen molar-refractivity contribution in [3.63, 3.8) is 0 Å². The summed E-state index contributed by atoms with van der Waals surface area (Å²) in [6.07, 6.45) is 1.57. The molecule has 0 radical (unpaired) electrons. The van der Waals surface area contributed by atoms with Crippen LogP contribution in [0.25, 0.3) is 21.8 Å². The molecule has 120 valence electrons. The van der Waals surface area contributed by atoms with Crippen LogP contribution in [0.1, 0.15) is 12.8 Å². The van der Waals surface area contributed by atoms with Crippen LogP contribution in [-0.4, -0.2) is 17.4 Å². The second kappa shape index (κ2) is 6.09. The zero-order valence-electron chi connectivity index (χ0n) is 13.1. The minimum atomic E-state index is 0.197. The van der Waals surface area contributed by atoms with E-state index in [1.807, 2.05) is 58.8 Å². The summed E-state index contributed by atoms with van der Waals surface area (Å²) in [5, 5.41) is 2.94. The number of benzene rings is 2. The first-order chi connectivity index (χ1) is 11.7. The molecule has 3 aromatic rings. The monoisotopic (exact) mass is 335 g/mol. The van der Waals surface area contributed by atoms with Crippen LogP contribution in [-0.2, 0) is 4.79 Å². The molecule has 0 spiro atoms. The number of aromatic nitrogens is 1. The summed E-state index contributed by atoms with van der Waals surface area (Å²) in [5.74, 6) is 0.197. The van der Waals surface area contributed by atoms with E-state index < -0.39 is 0 Å². The summed E-state index contributed by atoms with van der Waals surface area (Å²) in [6.45, 7) is 0.797. The highest BCUT2D eigenvalue weighted by atomic mass is 32.1. The molecule has 1 fully saturated rings. The smallest absolute Gasteiger partial charge is 0.227 e. The van der Waals surface area contributed by atoms with Gasteiger partial charge in [-0.05, 0) is 30.7 Å². The van der Waals surface area contributed by atoms with Crippen LogP contribution in [0.2, 0.25) is 0 Å². The third-order valence-corrected chi connectivity index (χ3v) is 5.10. The molecule has 0 atom stereocenters. The average molecular weight is 335 g/mol. The summed E-state index contributed by atoms with van der Waals surface area (Å²) in [5.41, 5.74) is 10.6. The second-order valence-corrected chi connectivity index (χ2v) is 6.68. The Hall–Kier alpha value is -2.66. The second-order valence-electron chi connectivity index (χ2n) is 5.82. The number of thiazole rings is 1. The maximum absolute atomic E-state index is 11.9. The molecular formula is C19H17N3OS. The van der Waals surface area contributed by atoms with E-state index >= 15 is 0 Å². The van der Waals surface area contributed by atoms with Crippen LogP contribution < -0.4 is 10.6 Å². The van der Waals surface area contributed by atoms with Gasteiger partial charge in [0.15, 0.2) is 0 Å². The van der Waals surface area contributed by atoms with E-state index in [9.17, 15) is 4.79 Å². The maximum atomic E-state index is 11.9. The van der Waals surface area contributed by atoms with Crippen molar-refractivity contribution in [1.82, 2.24) is 4.98 Å². The SMILES string of the molecule is Nc1ccccc1-c1nc(-c2cccc(N3CCCC3=O)c2)cs1. The van der Waals surface area contributed by atoms with Crippen molar-refractivity contribution in [2.75, 3.05) is 17.2 Å². The van der Waals surface area contributed by atoms with Crippen molar-refractivity contribution >= 4 is 28.6 Å². The van der Waals surface area contributed by atoms with Gasteiger partial charge in [0.25, 0.3) is 0 Å². The molecule has 5 heteroatoms. The molecule has 0 saturated carbocycles. The third kappa shape index (κ3) is 2.67. The number of nitrogens with zero attached hydrogens (tertiary/aromatic N) is 2. The number of hydrogen-bond donors (Lipinski definition) is 1. The van der Waals surface area contributed by atoms with Gasteiger partial charge in [0.2, 0.25) is 5.91 Å². The van der Waals surface area contributed by atoms with Crippen molar-refractivity contribution in [2.45, 2.75) is 12.8 Å². The minimum Gasteiger partial charge on any atom is -0.398 e. The first-order valence-electron chi connectivity index (χ1n) is 7.93. The molecule has 1 amide bonds. The summed E-state index contributed by atoms with van der Waals surface area (Å²) < 4.78 is 0. The quantitative estimate of drug-likeness (QED) is 0.730. The van der Waals surface area contributed by atoms with Crippen molar-refractivity contribution in [3.8, 4) is 21.8 Å². The minimum absolute atomic E-state index is 0.197. The Bertz CT molecular complexity index is 903. The standard InChI is InChI=1S/C19H17N3OS/c20-16-8-2-1-7-15(16)19-21-17(12-24-19)13-5-3-6-14(11-13)22-10-4-9-18(22)23/h1-3,5-8,11-12H,4,9-10,20H2. The number of nitrogens with two attached hydrogens (primary N) is 1. The molecule has 0 bridgehead atoms. The van der Waals surface area contributed by atoms with E-state index in [4.69, 9.17) is 10.7 Å². The normalized spacial score (nSPS) is 14.3. The molecule has 4 rings (SSSR count). The van der Waals surface area contributed by atoms with Crippen molar-refractivity contribution in [3.05, 3.63) is 53.9 Å². The largest absolute Gasteiger partial charge is 0.398 e. The summed E-state index contributed by atoms with van der Waals surface area (Å²) >= 11 is 1.58. The highest BCUT2D eigenvalue weighted by Gasteiger charge is 2.22. The predicted octanol–water partition coefficient (Wildman–Crippen LogP) is 4.19. The number of anilines is 2. The average Bonchev–Trinajstić information content (AvgIpc) is 3.24. The van der Waals surface area contributed by atoms with Crippen LogP contribution in [0.15, 0.2) is 53.9 Å². The molecule has 1 saturated heterocycles. The number of nitrogen functional groups attached to an aromatic ring is 1. The Labute approximate surface area is 144 Å². The van der Waals surface area contributed by atoms with Crippen LogP contribution in [0.5, 0.6) is 0 Å². The number of carbonyl (C=O) groups excluding carboxylic acids is 1. The lowest BCUT2D eigenvalue weighted by atomic mass is 10.1. The van der Waals surface area contributed by atoms with Gasteiger partial charge in [0.05, 0.1) is 5.69 Å². The van der Waals surface area contributed by atoms with Gasteiger partial charge >= 0.3 is 0 Å². The molecule has 2 aromatic carbocycles. The molecule has 24 heavy (non-hydrogen) atoms. The molecular weight excluding hydrogens is 318 g/mol. The van der Waals surface area contributed by atoms with Crippen LogP contribution in [0, 0.1) is 0 Å². The van der Waals surface area contributed by atoms with Crippen molar-refractivity contribution in [1.29, 1.82) is 0 Å². The number of amides is 1. The van der Waals surface area contributed by atoms with Crippen molar-refractivity contribution in [2.24, 2.45) is 0 Å². The summed E-state index contributed by atoms with van der Waals surface area (Å²) in [7, 11) is 0. The molecule has 4 nitrogen and oxygen atoms in total. The Kier molecular flexibility index (Phi) is 3.78. The van der Waals surface area contributed by atoms with Gasteiger partial charge in [0, 0.05) is 40.8 Å². The number of hydrogen-bond acceptors (Lipinski definition) is 4. The Balaban J connectivity index is 1.68. The topological polar surface area (TPSA) is 59.2 Å². The van der Waals surface area contributed by atoms with Crippen molar-refractivity contribution < 1.29 is 4.79 Å². The first kappa shape index (κ1) is 14.9. The lowest BCUT2D eigenvalue weighted by molar-refractivity contribution is -0.117. The van der Waals surface area contributed by atoms with Gasteiger partial charge in [-0.25, -0.2) is 4.98 Å². The van der Waals surface area contributed by atoms with E-state index in [1.165, 1.54) is 0 Å². The van der Waals surface area contributed by atoms with E-state index in [2.05, 4.69) is 0 Å². The number of carbonyl (C=O) groups is 1. The molecule has 2 heterocycles. The lowest BCUT2D eigenvalue weighted by Gasteiger charge is -2.16. The number of rotatable bonds is 3. The zero-order chi connectivity index (χ0) is 16.5. The Morgan fingerprint density at radius 1 is 1.12 bits per heavy atom. The van der Waals surface area contributed by atoms with E-state index in [1.54, 1.807) is 11.3 Å². The number of para-hydroxylation sites is 1. The van der Waals surface area contributed by atoms with Gasteiger partial charge < -0.3 is 10.6 Å². The summed E-state index contributed by atoms with van der Waals surface area (Å²) in [4.78, 5) is 18.5. The zero-order valence-corrected chi connectivity index (χ0v) is 13.9. The van der Waals surface area contributed by atoms with Crippen LogP contribution >= 0.6 is 11.3 Å². The van der Waals surface area contributed by atoms with Gasteiger partial charge in [-0.15, -0.1) is 11.3 Å². The van der Waals surface area contributed by atoms with E-state index in [0.29, 0.717) is 6.42 Å². The molecule has 0 aliphatic carbocycles. The van der Waals surface area contributed by atoms with Gasteiger partial charge in [0.1, 0.15) is 5.01 Å². The highest BCUT2D eigenvalue weighted by Crippen LogP contribution is 2.33. The predicted molar refractivity (Wildman–Crippen MR) is 99.0 cm³/mol. The fourth-order valence-corrected chi connectivity index (χ4v) is 3.85. The molecule has 1 aromatic heterocycles. The molecule has 1 aliphatic rings. The fraction of sp³-hybridized carbons (Fsp3) is 0.158. The molecule has 0 unspecified atom stereocenters. The third-order valence-electron chi connectivity index (χ3n) is 4.22.